The Hall–Kier alpha value is -2.46. The molecule has 0 bridgehead atoms. The van der Waals surface area contributed by atoms with Crippen molar-refractivity contribution >= 4 is 16.1 Å². The molecule has 192 valence electrons. The predicted octanol–water partition coefficient (Wildman–Crippen LogP) is 3.15. The summed E-state index contributed by atoms with van der Waals surface area (Å²) >= 11 is 0. The van der Waals surface area contributed by atoms with Gasteiger partial charge < -0.3 is 14.8 Å². The Morgan fingerprint density at radius 2 is 1.71 bits per heavy atom. The Morgan fingerprint density at radius 1 is 1.06 bits per heavy atom. The highest BCUT2D eigenvalue weighted by Gasteiger charge is 2.38. The first-order valence-electron chi connectivity index (χ1n) is 12.1. The molecule has 1 aliphatic rings. The van der Waals surface area contributed by atoms with Gasteiger partial charge in [-0.3, -0.25) is 4.79 Å². The molecule has 1 saturated carbocycles. The molecule has 1 amide bonds. The number of rotatable bonds is 12. The molecule has 1 aliphatic carbocycles. The highest BCUT2D eigenvalue weighted by atomic mass is 32.2. The van der Waals surface area contributed by atoms with Crippen LogP contribution in [0.1, 0.15) is 54.9 Å². The zero-order valence-corrected chi connectivity index (χ0v) is 21.6. The van der Waals surface area contributed by atoms with E-state index in [2.05, 4.69) is 26.9 Å². The van der Waals surface area contributed by atoms with Gasteiger partial charge in [0.1, 0.15) is 5.75 Å². The SMILES string of the molecule is CCC(COC)NS(=O)(=O)N[C@H]1CC[C@](CNC(=O)c2ccccc2OC)(c2ccccc2)CC1. The minimum Gasteiger partial charge on any atom is -0.496 e. The molecule has 1 atom stereocenters. The number of para-hydroxylation sites is 1. The lowest BCUT2D eigenvalue weighted by Gasteiger charge is -2.41. The summed E-state index contributed by atoms with van der Waals surface area (Å²) in [5, 5.41) is 3.11. The summed E-state index contributed by atoms with van der Waals surface area (Å²) in [6.07, 6.45) is 3.46. The van der Waals surface area contributed by atoms with E-state index in [1.807, 2.05) is 37.3 Å². The van der Waals surface area contributed by atoms with E-state index in [0.717, 1.165) is 18.4 Å². The maximum atomic E-state index is 13.0. The molecular formula is C26H37N3O5S. The van der Waals surface area contributed by atoms with Crippen LogP contribution in [0.3, 0.4) is 0 Å². The first kappa shape index (κ1) is 27.1. The maximum absolute atomic E-state index is 13.0. The topological polar surface area (TPSA) is 106 Å². The average Bonchev–Trinajstić information content (AvgIpc) is 2.88. The van der Waals surface area contributed by atoms with Crippen LogP contribution < -0.4 is 19.5 Å². The van der Waals surface area contributed by atoms with Crippen LogP contribution in [0, 0.1) is 0 Å². The van der Waals surface area contributed by atoms with Gasteiger partial charge in [0.15, 0.2) is 0 Å². The molecule has 0 saturated heterocycles. The third kappa shape index (κ3) is 7.27. The van der Waals surface area contributed by atoms with E-state index in [1.165, 1.54) is 0 Å². The van der Waals surface area contributed by atoms with E-state index in [4.69, 9.17) is 9.47 Å². The van der Waals surface area contributed by atoms with Crippen LogP contribution in [-0.4, -0.2) is 53.8 Å². The van der Waals surface area contributed by atoms with Crippen LogP contribution in [0.15, 0.2) is 54.6 Å². The van der Waals surface area contributed by atoms with Crippen molar-refractivity contribution < 1.29 is 22.7 Å². The van der Waals surface area contributed by atoms with Gasteiger partial charge in [0.2, 0.25) is 0 Å². The van der Waals surface area contributed by atoms with E-state index in [1.54, 1.807) is 26.4 Å². The highest BCUT2D eigenvalue weighted by molar-refractivity contribution is 7.87. The number of ether oxygens (including phenoxy) is 2. The minimum atomic E-state index is -3.65. The number of hydrogen-bond donors (Lipinski definition) is 3. The molecule has 2 aromatic carbocycles. The number of carbonyl (C=O) groups is 1. The van der Waals surface area contributed by atoms with Gasteiger partial charge in [0, 0.05) is 31.2 Å². The summed E-state index contributed by atoms with van der Waals surface area (Å²) in [6.45, 7) is 2.70. The molecule has 0 radical (unpaired) electrons. The molecule has 2 aromatic rings. The number of methoxy groups -OCH3 is 2. The van der Waals surface area contributed by atoms with Gasteiger partial charge in [0.05, 0.1) is 19.3 Å². The van der Waals surface area contributed by atoms with Crippen LogP contribution in [0.2, 0.25) is 0 Å². The van der Waals surface area contributed by atoms with Crippen LogP contribution >= 0.6 is 0 Å². The zero-order chi connectivity index (χ0) is 25.3. The molecule has 1 fully saturated rings. The van der Waals surface area contributed by atoms with Gasteiger partial charge in [-0.2, -0.15) is 17.9 Å². The normalized spacial score (nSPS) is 21.3. The molecule has 3 rings (SSSR count). The number of carbonyl (C=O) groups excluding carboxylic acids is 1. The lowest BCUT2D eigenvalue weighted by Crippen LogP contribution is -2.51. The van der Waals surface area contributed by atoms with E-state index >= 15 is 0 Å². The van der Waals surface area contributed by atoms with Crippen molar-refractivity contribution in [1.29, 1.82) is 0 Å². The quantitative estimate of drug-likeness (QED) is 0.413. The fraction of sp³-hybridized carbons (Fsp3) is 0.500. The van der Waals surface area contributed by atoms with Crippen molar-refractivity contribution in [2.24, 2.45) is 0 Å². The molecule has 9 heteroatoms. The van der Waals surface area contributed by atoms with Gasteiger partial charge in [0.25, 0.3) is 16.1 Å². The first-order chi connectivity index (χ1) is 16.8. The number of nitrogens with one attached hydrogen (secondary N) is 3. The largest absolute Gasteiger partial charge is 0.496 e. The second-order valence-corrected chi connectivity index (χ2v) is 10.6. The van der Waals surface area contributed by atoms with Gasteiger partial charge in [-0.05, 0) is 49.8 Å². The number of benzene rings is 2. The number of hydrogen-bond acceptors (Lipinski definition) is 5. The van der Waals surface area contributed by atoms with E-state index in [9.17, 15) is 13.2 Å². The van der Waals surface area contributed by atoms with Crippen molar-refractivity contribution in [3.63, 3.8) is 0 Å². The Bertz CT molecular complexity index is 1050. The van der Waals surface area contributed by atoms with E-state index < -0.39 is 10.2 Å². The summed E-state index contributed by atoms with van der Waals surface area (Å²) in [4.78, 5) is 13.0. The van der Waals surface area contributed by atoms with Crippen LogP contribution in [0.5, 0.6) is 5.75 Å². The third-order valence-electron chi connectivity index (χ3n) is 6.77. The second kappa shape index (κ2) is 12.5. The fourth-order valence-corrected chi connectivity index (χ4v) is 6.15. The molecule has 35 heavy (non-hydrogen) atoms. The first-order valence-corrected chi connectivity index (χ1v) is 13.6. The maximum Gasteiger partial charge on any atom is 0.277 e. The molecule has 0 heterocycles. The van der Waals surface area contributed by atoms with Crippen LogP contribution in [0.25, 0.3) is 0 Å². The lowest BCUT2D eigenvalue weighted by atomic mass is 9.68. The van der Waals surface area contributed by atoms with Gasteiger partial charge in [-0.15, -0.1) is 0 Å². The molecule has 0 spiro atoms. The van der Waals surface area contributed by atoms with Gasteiger partial charge in [-0.1, -0.05) is 49.4 Å². The Balaban J connectivity index is 1.69. The molecule has 1 unspecified atom stereocenters. The van der Waals surface area contributed by atoms with Crippen molar-refractivity contribution in [3.05, 3.63) is 65.7 Å². The second-order valence-electron chi connectivity index (χ2n) is 9.10. The Morgan fingerprint density at radius 3 is 2.34 bits per heavy atom. The third-order valence-corrected chi connectivity index (χ3v) is 8.06. The van der Waals surface area contributed by atoms with E-state index in [-0.39, 0.29) is 23.4 Å². The molecule has 8 nitrogen and oxygen atoms in total. The Labute approximate surface area is 209 Å². The standard InChI is InChI=1S/C26H37N3O5S/c1-4-21(18-33-2)28-35(31,32)29-22-14-16-26(17-15-22,20-10-6-5-7-11-20)19-27-25(30)23-12-8-9-13-24(23)34-3/h5-13,21-22,28-29H,4,14-19H2,1-3H3,(H,27,30)/t21?,22-,26-. The van der Waals surface area contributed by atoms with Crippen LogP contribution in [0.4, 0.5) is 0 Å². The summed E-state index contributed by atoms with van der Waals surface area (Å²) < 4.78 is 41.3. The summed E-state index contributed by atoms with van der Waals surface area (Å²) in [7, 11) is -0.544. The highest BCUT2D eigenvalue weighted by Crippen LogP contribution is 2.39. The average molecular weight is 504 g/mol. The zero-order valence-electron chi connectivity index (χ0n) is 20.8. The molecule has 3 N–H and O–H groups in total. The minimum absolute atomic E-state index is 0.172. The van der Waals surface area contributed by atoms with Crippen molar-refractivity contribution in [1.82, 2.24) is 14.8 Å². The fourth-order valence-electron chi connectivity index (χ4n) is 4.73. The monoisotopic (exact) mass is 503 g/mol. The Kier molecular flexibility index (Phi) is 9.68. The number of amides is 1. The van der Waals surface area contributed by atoms with Gasteiger partial charge in [-0.25, -0.2) is 0 Å². The molecule has 0 aliphatic heterocycles. The van der Waals surface area contributed by atoms with E-state index in [0.29, 0.717) is 43.7 Å². The van der Waals surface area contributed by atoms with Crippen molar-refractivity contribution in [2.75, 3.05) is 27.4 Å². The summed E-state index contributed by atoms with van der Waals surface area (Å²) in [6, 6.07) is 16.8. The predicted molar refractivity (Wildman–Crippen MR) is 137 cm³/mol. The molecular weight excluding hydrogens is 466 g/mol. The summed E-state index contributed by atoms with van der Waals surface area (Å²) in [5.74, 6) is 0.344. The molecule has 0 aromatic heterocycles. The van der Waals surface area contributed by atoms with Crippen molar-refractivity contribution in [2.45, 2.75) is 56.5 Å². The van der Waals surface area contributed by atoms with Gasteiger partial charge >= 0.3 is 0 Å². The van der Waals surface area contributed by atoms with Crippen molar-refractivity contribution in [3.8, 4) is 5.75 Å². The lowest BCUT2D eigenvalue weighted by molar-refractivity contribution is 0.0932. The van der Waals surface area contributed by atoms with Crippen LogP contribution in [-0.2, 0) is 20.4 Å². The summed E-state index contributed by atoms with van der Waals surface area (Å²) in [5.41, 5.74) is 1.36. The smallest absolute Gasteiger partial charge is 0.277 e.